The molecule has 0 aliphatic carbocycles. The van der Waals surface area contributed by atoms with Gasteiger partial charge in [0.15, 0.2) is 0 Å². The van der Waals surface area contributed by atoms with Gasteiger partial charge in [-0.15, -0.1) is 21.5 Å². The van der Waals surface area contributed by atoms with Gasteiger partial charge in [0.2, 0.25) is 5.95 Å². The predicted octanol–water partition coefficient (Wildman–Crippen LogP) is 4.03. The minimum absolute atomic E-state index is 0.636. The number of hydrazone groups is 1. The summed E-state index contributed by atoms with van der Waals surface area (Å²) in [6.45, 7) is 4.10. The summed E-state index contributed by atoms with van der Waals surface area (Å²) in [4.78, 5) is 1.30. The van der Waals surface area contributed by atoms with Gasteiger partial charge in [-0.05, 0) is 31.5 Å². The molecule has 23 heavy (non-hydrogen) atoms. The molecule has 1 aliphatic rings. The van der Waals surface area contributed by atoms with E-state index in [9.17, 15) is 0 Å². The van der Waals surface area contributed by atoms with Gasteiger partial charge in [0.25, 0.3) is 0 Å². The van der Waals surface area contributed by atoms with E-state index < -0.39 is 0 Å². The van der Waals surface area contributed by atoms with Gasteiger partial charge in [-0.1, -0.05) is 30.7 Å². The highest BCUT2D eigenvalue weighted by molar-refractivity contribution is 7.15. The lowest BCUT2D eigenvalue weighted by Gasteiger charge is -2.06. The molecule has 0 saturated heterocycles. The maximum Gasteiger partial charge on any atom is 0.250 e. The Kier molecular flexibility index (Phi) is 3.43. The van der Waals surface area contributed by atoms with E-state index in [1.165, 1.54) is 4.88 Å². The number of hydrogen-bond donors (Lipinski definition) is 1. The number of nitrogens with zero attached hydrogens (tertiary/aromatic N) is 4. The van der Waals surface area contributed by atoms with Crippen LogP contribution in [-0.2, 0) is 6.42 Å². The van der Waals surface area contributed by atoms with Crippen LogP contribution in [0.15, 0.2) is 35.4 Å². The van der Waals surface area contributed by atoms with Gasteiger partial charge in [0, 0.05) is 21.0 Å². The number of rotatable bonds is 2. The number of aromatic nitrogens is 3. The van der Waals surface area contributed by atoms with Crippen LogP contribution in [0.25, 0.3) is 5.00 Å². The quantitative estimate of drug-likeness (QED) is 0.764. The Balaban J connectivity index is 1.95. The molecule has 0 fully saturated rings. The van der Waals surface area contributed by atoms with Crippen LogP contribution in [0.4, 0.5) is 5.95 Å². The smallest absolute Gasteiger partial charge is 0.250 e. The highest BCUT2D eigenvalue weighted by atomic mass is 35.5. The minimum atomic E-state index is 0.636. The summed E-state index contributed by atoms with van der Waals surface area (Å²) in [5.74, 6) is 1.48. The fraction of sp³-hybridized carbons (Fsp3) is 0.188. The molecule has 5 nitrogen and oxygen atoms in total. The second-order valence-corrected chi connectivity index (χ2v) is 6.82. The summed E-state index contributed by atoms with van der Waals surface area (Å²) in [6.07, 6.45) is 0.982. The summed E-state index contributed by atoms with van der Waals surface area (Å²) in [5.41, 5.74) is 6.02. The first-order valence-electron chi connectivity index (χ1n) is 7.32. The fourth-order valence-corrected chi connectivity index (χ4v) is 3.88. The SMILES string of the molecule is CCc1cc2c(s1)-n1c(C)nnc1NN=C2c1ccc(Cl)cc1. The van der Waals surface area contributed by atoms with Crippen molar-refractivity contribution in [2.24, 2.45) is 5.10 Å². The Labute approximate surface area is 142 Å². The molecule has 4 rings (SSSR count). The van der Waals surface area contributed by atoms with Gasteiger partial charge in [-0.25, -0.2) is 5.43 Å². The number of fused-ring (bicyclic) bond motifs is 3. The van der Waals surface area contributed by atoms with Gasteiger partial charge < -0.3 is 0 Å². The molecule has 116 valence electrons. The predicted molar refractivity (Wildman–Crippen MR) is 94.1 cm³/mol. The number of hydrogen-bond acceptors (Lipinski definition) is 5. The number of halogens is 1. The summed E-state index contributed by atoms with van der Waals surface area (Å²) in [5, 5.41) is 14.7. The van der Waals surface area contributed by atoms with E-state index >= 15 is 0 Å². The summed E-state index contributed by atoms with van der Waals surface area (Å²) < 4.78 is 2.02. The van der Waals surface area contributed by atoms with Crippen LogP contribution < -0.4 is 5.43 Å². The van der Waals surface area contributed by atoms with E-state index in [-0.39, 0.29) is 0 Å². The third-order valence-corrected chi connectivity index (χ3v) is 5.30. The number of thiophene rings is 1. The lowest BCUT2D eigenvalue weighted by atomic mass is 10.0. The van der Waals surface area contributed by atoms with Gasteiger partial charge in [0.05, 0.1) is 0 Å². The molecule has 0 atom stereocenters. The molecule has 1 N–H and O–H groups in total. The van der Waals surface area contributed by atoms with Gasteiger partial charge in [0.1, 0.15) is 16.5 Å². The Bertz CT molecular complexity index is 907. The number of nitrogens with one attached hydrogen (secondary N) is 1. The van der Waals surface area contributed by atoms with E-state index in [0.717, 1.165) is 34.1 Å². The standard InChI is InChI=1S/C16H14ClN5S/c1-3-12-8-13-14(10-4-6-11(17)7-5-10)19-21-16-20-18-9(2)22(16)15(13)23-12/h4-8H,3H2,1-2H3,(H,20,21). The first-order valence-corrected chi connectivity index (χ1v) is 8.52. The number of aryl methyl sites for hydroxylation is 2. The third kappa shape index (κ3) is 2.34. The Hall–Kier alpha value is -2.18. The lowest BCUT2D eigenvalue weighted by Crippen LogP contribution is -2.05. The largest absolute Gasteiger partial charge is 0.254 e. The van der Waals surface area contributed by atoms with Crippen molar-refractivity contribution >= 4 is 34.6 Å². The van der Waals surface area contributed by atoms with E-state index in [2.05, 4.69) is 33.7 Å². The number of anilines is 1. The Morgan fingerprint density at radius 1 is 1.22 bits per heavy atom. The van der Waals surface area contributed by atoms with Crippen molar-refractivity contribution in [2.45, 2.75) is 20.3 Å². The molecule has 0 amide bonds. The normalized spacial score (nSPS) is 12.9. The first-order chi connectivity index (χ1) is 11.2. The summed E-state index contributed by atoms with van der Waals surface area (Å²) in [7, 11) is 0. The van der Waals surface area contributed by atoms with Crippen LogP contribution in [0.3, 0.4) is 0 Å². The third-order valence-electron chi connectivity index (χ3n) is 3.78. The molecule has 3 aromatic rings. The van der Waals surface area contributed by atoms with Crippen molar-refractivity contribution in [3.63, 3.8) is 0 Å². The van der Waals surface area contributed by atoms with Crippen molar-refractivity contribution in [3.05, 3.63) is 57.2 Å². The minimum Gasteiger partial charge on any atom is -0.254 e. The summed E-state index contributed by atoms with van der Waals surface area (Å²) in [6, 6.07) is 9.92. The average Bonchev–Trinajstić information content (AvgIpc) is 3.09. The lowest BCUT2D eigenvalue weighted by molar-refractivity contribution is 0.984. The van der Waals surface area contributed by atoms with Crippen LogP contribution >= 0.6 is 22.9 Å². The van der Waals surface area contributed by atoms with Crippen LogP contribution in [0.2, 0.25) is 5.02 Å². The topological polar surface area (TPSA) is 55.1 Å². The highest BCUT2D eigenvalue weighted by Crippen LogP contribution is 2.34. The molecular formula is C16H14ClN5S. The zero-order valence-corrected chi connectivity index (χ0v) is 14.2. The molecule has 0 bridgehead atoms. The first kappa shape index (κ1) is 14.4. The van der Waals surface area contributed by atoms with E-state index in [0.29, 0.717) is 11.0 Å². The molecule has 0 radical (unpaired) electrons. The molecule has 0 unspecified atom stereocenters. The molecule has 0 saturated carbocycles. The van der Waals surface area contributed by atoms with Crippen LogP contribution in [0, 0.1) is 6.92 Å². The molecule has 1 aliphatic heterocycles. The van der Waals surface area contributed by atoms with Crippen molar-refractivity contribution in [1.82, 2.24) is 14.8 Å². The molecule has 2 aromatic heterocycles. The zero-order chi connectivity index (χ0) is 16.0. The van der Waals surface area contributed by atoms with Gasteiger partial charge >= 0.3 is 0 Å². The van der Waals surface area contributed by atoms with Crippen molar-refractivity contribution < 1.29 is 0 Å². The number of benzene rings is 1. The maximum absolute atomic E-state index is 6.01. The van der Waals surface area contributed by atoms with E-state index in [1.807, 2.05) is 35.8 Å². The van der Waals surface area contributed by atoms with E-state index in [1.54, 1.807) is 11.3 Å². The summed E-state index contributed by atoms with van der Waals surface area (Å²) >= 11 is 7.76. The Morgan fingerprint density at radius 3 is 2.74 bits per heavy atom. The molecule has 1 aromatic carbocycles. The van der Waals surface area contributed by atoms with Crippen LogP contribution in [0.5, 0.6) is 0 Å². The maximum atomic E-state index is 6.01. The van der Waals surface area contributed by atoms with E-state index in [4.69, 9.17) is 11.6 Å². The van der Waals surface area contributed by atoms with Gasteiger partial charge in [-0.2, -0.15) is 5.10 Å². The van der Waals surface area contributed by atoms with Crippen molar-refractivity contribution in [1.29, 1.82) is 0 Å². The van der Waals surface area contributed by atoms with Crippen LogP contribution in [-0.4, -0.2) is 20.5 Å². The fourth-order valence-electron chi connectivity index (χ4n) is 2.61. The molecule has 7 heteroatoms. The van der Waals surface area contributed by atoms with Gasteiger partial charge in [-0.3, -0.25) is 4.57 Å². The van der Waals surface area contributed by atoms with Crippen molar-refractivity contribution in [2.75, 3.05) is 5.43 Å². The average molecular weight is 344 g/mol. The highest BCUT2D eigenvalue weighted by Gasteiger charge is 2.24. The zero-order valence-electron chi connectivity index (χ0n) is 12.7. The molecular weight excluding hydrogens is 330 g/mol. The van der Waals surface area contributed by atoms with Crippen molar-refractivity contribution in [3.8, 4) is 5.00 Å². The monoisotopic (exact) mass is 343 g/mol. The second kappa shape index (κ2) is 5.47. The second-order valence-electron chi connectivity index (χ2n) is 5.27. The Morgan fingerprint density at radius 2 is 2.00 bits per heavy atom. The molecule has 3 heterocycles. The molecule has 0 spiro atoms. The van der Waals surface area contributed by atoms with Crippen LogP contribution in [0.1, 0.15) is 28.8 Å².